The first-order valence-electron chi connectivity index (χ1n) is 7.08. The van der Waals surface area contributed by atoms with Crippen LogP contribution in [0.3, 0.4) is 0 Å². The molecule has 11 nitrogen and oxygen atoms in total. The van der Waals surface area contributed by atoms with Crippen LogP contribution < -0.4 is 0 Å². The van der Waals surface area contributed by atoms with E-state index in [2.05, 4.69) is 0 Å². The van der Waals surface area contributed by atoms with Crippen LogP contribution in [0.1, 0.15) is 0 Å². The molecule has 0 spiro atoms. The van der Waals surface area contributed by atoms with E-state index in [0.717, 1.165) is 0 Å². The van der Waals surface area contributed by atoms with E-state index < -0.39 is 74.6 Å². The van der Waals surface area contributed by atoms with Crippen LogP contribution in [0.15, 0.2) is 0 Å². The Bertz CT molecular complexity index is 382. The summed E-state index contributed by atoms with van der Waals surface area (Å²) in [4.78, 5) is 0. The third-order valence-electron chi connectivity index (χ3n) is 3.93. The lowest BCUT2D eigenvalue weighted by Gasteiger charge is -2.24. The molecule has 0 aliphatic carbocycles. The molecule has 2 heterocycles. The predicted molar refractivity (Wildman–Crippen MR) is 68.6 cm³/mol. The number of ether oxygens (including phenoxy) is 3. The molecule has 136 valence electrons. The molecule has 0 bridgehead atoms. The maximum absolute atomic E-state index is 9.98. The van der Waals surface area contributed by atoms with Crippen LogP contribution in [0.5, 0.6) is 0 Å². The summed E-state index contributed by atoms with van der Waals surface area (Å²) in [5, 5.41) is 76.0. The molecule has 0 aromatic heterocycles. The first-order valence-corrected chi connectivity index (χ1v) is 7.08. The second-order valence-electron chi connectivity index (χ2n) is 5.53. The maximum atomic E-state index is 9.98. The van der Waals surface area contributed by atoms with Crippen molar-refractivity contribution in [1.29, 1.82) is 0 Å². The van der Waals surface area contributed by atoms with Gasteiger partial charge in [0, 0.05) is 0 Å². The van der Waals surface area contributed by atoms with Crippen molar-refractivity contribution in [2.24, 2.45) is 0 Å². The van der Waals surface area contributed by atoms with Gasteiger partial charge in [-0.2, -0.15) is 0 Å². The molecule has 2 aliphatic rings. The van der Waals surface area contributed by atoms with Gasteiger partial charge in [-0.3, -0.25) is 0 Å². The summed E-state index contributed by atoms with van der Waals surface area (Å²) in [6.07, 6.45) is -14.9. The number of aliphatic hydroxyl groups excluding tert-OH is 8. The number of hydrogen-bond acceptors (Lipinski definition) is 11. The van der Waals surface area contributed by atoms with E-state index in [0.29, 0.717) is 0 Å². The SMILES string of the molecule is OC[C@@H](O)[C@@H]1O[C@@H](O[C@H]2C(O)O[C@@H]([C@H](O)CO)[C@@H]2O)[C@H](O)[C@H]1O. The molecule has 0 amide bonds. The minimum absolute atomic E-state index is 0.715. The Labute approximate surface area is 130 Å². The summed E-state index contributed by atoms with van der Waals surface area (Å²) in [6, 6.07) is 0. The summed E-state index contributed by atoms with van der Waals surface area (Å²) < 4.78 is 15.2. The molecule has 2 aliphatic heterocycles. The predicted octanol–water partition coefficient (Wildman–Crippen LogP) is -5.40. The van der Waals surface area contributed by atoms with Gasteiger partial charge in [0.1, 0.15) is 48.8 Å². The third kappa shape index (κ3) is 3.65. The highest BCUT2D eigenvalue weighted by Crippen LogP contribution is 2.31. The molecule has 0 radical (unpaired) electrons. The Balaban J connectivity index is 2.01. The average molecular weight is 342 g/mol. The van der Waals surface area contributed by atoms with Crippen LogP contribution in [0.2, 0.25) is 0 Å². The van der Waals surface area contributed by atoms with Crippen molar-refractivity contribution in [2.45, 2.75) is 61.4 Å². The Kier molecular flexibility index (Phi) is 6.27. The van der Waals surface area contributed by atoms with E-state index in [4.69, 9.17) is 24.4 Å². The summed E-state index contributed by atoms with van der Waals surface area (Å²) >= 11 is 0. The molecular formula is C12H22O11. The average Bonchev–Trinajstić information content (AvgIpc) is 2.98. The van der Waals surface area contributed by atoms with Crippen molar-refractivity contribution >= 4 is 0 Å². The Morgan fingerprint density at radius 1 is 0.783 bits per heavy atom. The number of rotatable bonds is 6. The molecule has 1 unspecified atom stereocenters. The first-order chi connectivity index (χ1) is 10.8. The molecule has 2 rings (SSSR count). The van der Waals surface area contributed by atoms with Gasteiger partial charge in [-0.25, -0.2) is 0 Å². The van der Waals surface area contributed by atoms with Gasteiger partial charge in [0.2, 0.25) is 0 Å². The van der Waals surface area contributed by atoms with Gasteiger partial charge in [0.05, 0.1) is 13.2 Å². The summed E-state index contributed by atoms with van der Waals surface area (Å²) in [5.74, 6) is 0. The number of aliphatic hydroxyl groups is 8. The normalized spacial score (nSPS) is 47.0. The Morgan fingerprint density at radius 2 is 1.30 bits per heavy atom. The molecule has 2 saturated heterocycles. The lowest BCUT2D eigenvalue weighted by atomic mass is 10.1. The van der Waals surface area contributed by atoms with Gasteiger partial charge < -0.3 is 55.1 Å². The molecule has 2 fully saturated rings. The zero-order valence-corrected chi connectivity index (χ0v) is 12.0. The zero-order chi connectivity index (χ0) is 17.3. The lowest BCUT2D eigenvalue weighted by molar-refractivity contribution is -0.240. The number of hydrogen-bond donors (Lipinski definition) is 8. The van der Waals surface area contributed by atoms with Crippen LogP contribution in [0.25, 0.3) is 0 Å². The largest absolute Gasteiger partial charge is 0.394 e. The van der Waals surface area contributed by atoms with Crippen LogP contribution >= 0.6 is 0 Å². The van der Waals surface area contributed by atoms with Crippen molar-refractivity contribution in [3.8, 4) is 0 Å². The quantitative estimate of drug-likeness (QED) is 0.230. The van der Waals surface area contributed by atoms with E-state index >= 15 is 0 Å². The minimum atomic E-state index is -1.68. The van der Waals surface area contributed by atoms with Crippen molar-refractivity contribution in [3.05, 3.63) is 0 Å². The van der Waals surface area contributed by atoms with Gasteiger partial charge in [0.25, 0.3) is 0 Å². The van der Waals surface area contributed by atoms with E-state index in [1.807, 2.05) is 0 Å². The van der Waals surface area contributed by atoms with Crippen molar-refractivity contribution in [2.75, 3.05) is 13.2 Å². The Morgan fingerprint density at radius 3 is 1.83 bits per heavy atom. The maximum Gasteiger partial charge on any atom is 0.187 e. The molecule has 11 heteroatoms. The molecule has 0 aromatic carbocycles. The standard InChI is InChI=1S/C12H22O11/c13-1-3(15)8-5(17)6(18)12(22-8)23-10-7(19)9(4(16)2-14)21-11(10)20/h3-20H,1-2H2/t3-,4-,5-,6-,7+,8+,9+,10-,11?,12+/m1/s1. The van der Waals surface area contributed by atoms with Crippen molar-refractivity contribution < 1.29 is 55.1 Å². The van der Waals surface area contributed by atoms with E-state index in [-0.39, 0.29) is 0 Å². The summed E-state index contributed by atoms with van der Waals surface area (Å²) in [5.41, 5.74) is 0. The van der Waals surface area contributed by atoms with E-state index in [9.17, 15) is 30.6 Å². The molecular weight excluding hydrogens is 320 g/mol. The molecule has 23 heavy (non-hydrogen) atoms. The van der Waals surface area contributed by atoms with Crippen LogP contribution in [-0.2, 0) is 14.2 Å². The first kappa shape index (κ1) is 18.9. The van der Waals surface area contributed by atoms with Crippen LogP contribution in [-0.4, -0.2) is 115 Å². The van der Waals surface area contributed by atoms with Gasteiger partial charge in [-0.15, -0.1) is 0 Å². The molecule has 10 atom stereocenters. The van der Waals surface area contributed by atoms with Crippen LogP contribution in [0.4, 0.5) is 0 Å². The summed E-state index contributed by atoms with van der Waals surface area (Å²) in [7, 11) is 0. The van der Waals surface area contributed by atoms with E-state index in [1.54, 1.807) is 0 Å². The topological polar surface area (TPSA) is 190 Å². The fourth-order valence-corrected chi connectivity index (χ4v) is 2.61. The van der Waals surface area contributed by atoms with Crippen molar-refractivity contribution in [1.82, 2.24) is 0 Å². The second kappa shape index (κ2) is 7.63. The smallest absolute Gasteiger partial charge is 0.187 e. The third-order valence-corrected chi connectivity index (χ3v) is 3.93. The van der Waals surface area contributed by atoms with Gasteiger partial charge in [-0.05, 0) is 0 Å². The fraction of sp³-hybridized carbons (Fsp3) is 1.00. The highest BCUT2D eigenvalue weighted by molar-refractivity contribution is 4.95. The van der Waals surface area contributed by atoms with Crippen LogP contribution in [0, 0.1) is 0 Å². The van der Waals surface area contributed by atoms with Crippen molar-refractivity contribution in [3.63, 3.8) is 0 Å². The Hall–Kier alpha value is -0.440. The zero-order valence-electron chi connectivity index (χ0n) is 12.0. The van der Waals surface area contributed by atoms with E-state index in [1.165, 1.54) is 0 Å². The molecule has 0 aromatic rings. The van der Waals surface area contributed by atoms with Gasteiger partial charge in [-0.1, -0.05) is 0 Å². The van der Waals surface area contributed by atoms with Gasteiger partial charge >= 0.3 is 0 Å². The minimum Gasteiger partial charge on any atom is -0.394 e. The monoisotopic (exact) mass is 342 g/mol. The highest BCUT2D eigenvalue weighted by Gasteiger charge is 2.52. The molecule has 8 N–H and O–H groups in total. The summed E-state index contributed by atoms with van der Waals surface area (Å²) in [6.45, 7) is -1.43. The highest BCUT2D eigenvalue weighted by atomic mass is 16.7. The fourth-order valence-electron chi connectivity index (χ4n) is 2.61. The van der Waals surface area contributed by atoms with Gasteiger partial charge in [0.15, 0.2) is 12.6 Å². The lowest BCUT2D eigenvalue weighted by Crippen LogP contribution is -2.45. The molecule has 0 saturated carbocycles. The second-order valence-corrected chi connectivity index (χ2v) is 5.53.